The number of thioether (sulfide) groups is 3. The van der Waals surface area contributed by atoms with Gasteiger partial charge in [0.2, 0.25) is 0 Å². The Morgan fingerprint density at radius 3 is 1.03 bits per heavy atom. The zero-order chi connectivity index (χ0) is 56.1. The van der Waals surface area contributed by atoms with Gasteiger partial charge >= 0.3 is 37.9 Å². The molecule has 3 aromatic heterocycles. The molecule has 4 aromatic carbocycles. The van der Waals surface area contributed by atoms with Gasteiger partial charge in [0.1, 0.15) is 0 Å². The molecular formula is C39H17Cl13CuN8O11S6. The van der Waals surface area contributed by atoms with Crippen molar-refractivity contribution in [3.05, 3.63) is 65.3 Å². The van der Waals surface area contributed by atoms with Gasteiger partial charge in [0.25, 0.3) is 10.1 Å². The Kier molecular flexibility index (Phi) is 19.7. The number of hydrogen-bond acceptors (Lipinski definition) is 18. The van der Waals surface area contributed by atoms with E-state index >= 15 is 0 Å². The first-order chi connectivity index (χ1) is 36.0. The van der Waals surface area contributed by atoms with E-state index in [9.17, 15) is 34.4 Å². The second-order valence-corrected chi connectivity index (χ2v) is 27.2. The molecule has 0 saturated heterocycles. The number of benzene rings is 4. The van der Waals surface area contributed by atoms with E-state index in [1.54, 1.807) is 0 Å². The van der Waals surface area contributed by atoms with Gasteiger partial charge in [0, 0.05) is 98.3 Å². The van der Waals surface area contributed by atoms with Gasteiger partial charge in [-0.15, -0.1) is 35.3 Å². The van der Waals surface area contributed by atoms with Gasteiger partial charge < -0.3 is 29.9 Å². The number of fused-ring (bicyclic) bond motifs is 20. The van der Waals surface area contributed by atoms with Crippen LogP contribution >= 0.6 is 186 Å². The first-order valence-corrected chi connectivity index (χ1v) is 32.6. The van der Waals surface area contributed by atoms with Crippen molar-refractivity contribution >= 4 is 261 Å². The van der Waals surface area contributed by atoms with E-state index in [4.69, 9.17) is 195 Å². The Hall–Kier alpha value is -0.771. The zero-order valence-electron chi connectivity index (χ0n) is 37.1. The van der Waals surface area contributed by atoms with Crippen LogP contribution in [0.5, 0.6) is 0 Å². The van der Waals surface area contributed by atoms with E-state index in [-0.39, 0.29) is 211 Å². The summed E-state index contributed by atoms with van der Waals surface area (Å²) in [6.45, 7) is -1.49. The normalized spacial score (nSPS) is 12.7. The SMILES string of the molecule is CS(=O)(=O)OCCSc1c(Cl)c(Cl)c(Cl)c2c3nc4nc(nc5[n-]c(nc6nc(nc([n-]3)c12)-c1c(Cl)c(Cl)c(Cl)c(SCCOS(=O)(=O)O)c1-6)c1c(Cl)c(Cl)c(Cl)c(Cl)c51)-c1c(Cl)c(Cl)c(Cl)c(SCCOS(=O)(=O)O)c1-4.[Cu+2]. The van der Waals surface area contributed by atoms with E-state index in [2.05, 4.69) is 8.37 Å². The summed E-state index contributed by atoms with van der Waals surface area (Å²) in [5.41, 5.74) is -1.02. The number of aromatic nitrogens is 8. The molecule has 0 amide bonds. The molecule has 2 aliphatic heterocycles. The van der Waals surface area contributed by atoms with E-state index in [1.165, 1.54) is 0 Å². The molecule has 2 N–H and O–H groups in total. The molecule has 0 aliphatic carbocycles. The molecule has 0 fully saturated rings. The molecule has 1 radical (unpaired) electrons. The first-order valence-electron chi connectivity index (χ1n) is 20.2. The van der Waals surface area contributed by atoms with E-state index in [0.29, 0.717) is 0 Å². The minimum absolute atomic E-state index is 0. The van der Waals surface area contributed by atoms with E-state index in [0.717, 1.165) is 41.5 Å². The fraction of sp³-hybridized carbons (Fsp3) is 0.179. The molecule has 39 heteroatoms. The van der Waals surface area contributed by atoms with Crippen molar-refractivity contribution in [2.45, 2.75) is 14.7 Å². The molecule has 7 aromatic rings. The number of hydrogen-bond donors (Lipinski definition) is 2. The summed E-state index contributed by atoms with van der Waals surface area (Å²) < 4.78 is 103. The summed E-state index contributed by atoms with van der Waals surface area (Å²) >= 11 is 92.4. The third kappa shape index (κ3) is 12.3. The third-order valence-corrected chi connectivity index (χ3v) is 21.2. The van der Waals surface area contributed by atoms with Gasteiger partial charge in [-0.2, -0.15) is 25.3 Å². The smallest absolute Gasteiger partial charge is 0.357 e. The van der Waals surface area contributed by atoms with Crippen LogP contribution in [0.3, 0.4) is 0 Å². The maximum absolute atomic E-state index is 12.0. The summed E-state index contributed by atoms with van der Waals surface area (Å²) in [4.78, 5) is 38.9. The van der Waals surface area contributed by atoms with Crippen molar-refractivity contribution in [1.82, 2.24) is 39.9 Å². The average molecular weight is 1490 g/mol. The van der Waals surface area contributed by atoms with E-state index in [1.807, 2.05) is 0 Å². The van der Waals surface area contributed by atoms with Gasteiger partial charge in [-0.1, -0.05) is 151 Å². The maximum atomic E-state index is 12.0. The third-order valence-electron chi connectivity index (χ3n) is 10.3. The van der Waals surface area contributed by atoms with Gasteiger partial charge in [0.15, 0.2) is 0 Å². The largest absolute Gasteiger partial charge is 2.00 e. The van der Waals surface area contributed by atoms with Crippen LogP contribution in [0.25, 0.3) is 89.7 Å². The van der Waals surface area contributed by atoms with Crippen molar-refractivity contribution in [3.8, 4) is 45.6 Å². The molecule has 8 bridgehead atoms. The second kappa shape index (κ2) is 24.3. The predicted molar refractivity (Wildman–Crippen MR) is 307 cm³/mol. The molecule has 5 heterocycles. The van der Waals surface area contributed by atoms with Gasteiger partial charge in [-0.05, 0) is 0 Å². The fourth-order valence-electron chi connectivity index (χ4n) is 7.44. The summed E-state index contributed by atoms with van der Waals surface area (Å²) in [5, 5.41) is -2.72. The molecule has 0 atom stereocenters. The summed E-state index contributed by atoms with van der Waals surface area (Å²) in [7, 11) is -13.7. The van der Waals surface area contributed by atoms with Crippen molar-refractivity contribution < 1.29 is 64.0 Å². The standard InChI is InChI=1S/C39H17Cl13N8O11S6.Cu/c1-75(61,62)69-2-5-72-29-14-11(19(43)24(48)26(29)50)36-58-38-13-10(18(42)23(47)27(51)30(13)73-6-3-70-76(63,64)65)34(56-38)54-32-8-9(17(41)22(46)21(45)16(8)40)33(53-32)55-37-15-12(35(57-37)59-39(14)60-36)20(44)25(49)28(52)31(15)74-7-4-71-77(66,67)68;/h2-7H2,1H3,(H2-2,53,54,55,56,57,58,59,60,63,64,65,66,67,68);/q-2;+2. The van der Waals surface area contributed by atoms with Crippen LogP contribution in [-0.2, 0) is 60.5 Å². The zero-order valence-corrected chi connectivity index (χ0v) is 52.7. The van der Waals surface area contributed by atoms with Gasteiger partial charge in [-0.3, -0.25) is 13.3 Å². The second-order valence-electron chi connectivity index (χ2n) is 15.1. The van der Waals surface area contributed by atoms with Crippen LogP contribution in [0.2, 0.25) is 65.3 Å². The monoisotopic (exact) mass is 1480 g/mol. The van der Waals surface area contributed by atoms with Crippen molar-refractivity contribution in [2.75, 3.05) is 43.3 Å². The topological polar surface area (TPSA) is 276 Å². The average Bonchev–Trinajstić information content (AvgIpc) is 4.29. The molecule has 78 heavy (non-hydrogen) atoms. The Morgan fingerprint density at radius 2 is 0.667 bits per heavy atom. The maximum Gasteiger partial charge on any atom is 2.00 e. The molecule has 417 valence electrons. The Labute approximate surface area is 527 Å². The first kappa shape index (κ1) is 63.3. The number of rotatable bonds is 15. The van der Waals surface area contributed by atoms with E-state index < -0.39 is 44.1 Å². The van der Waals surface area contributed by atoms with Crippen LogP contribution in [0.15, 0.2) is 14.7 Å². The van der Waals surface area contributed by atoms with Gasteiger partial charge in [-0.25, -0.2) is 18.3 Å². The fourth-order valence-corrected chi connectivity index (χ4v) is 15.3. The Bertz CT molecular complexity index is 4250. The summed E-state index contributed by atoms with van der Waals surface area (Å²) in [6.07, 6.45) is 0.865. The van der Waals surface area contributed by atoms with Crippen molar-refractivity contribution in [3.63, 3.8) is 0 Å². The van der Waals surface area contributed by atoms with Crippen LogP contribution in [0, 0.1) is 0 Å². The van der Waals surface area contributed by atoms with Crippen LogP contribution < -0.4 is 9.97 Å². The molecule has 9 rings (SSSR count). The molecule has 2 aliphatic rings. The minimum atomic E-state index is -4.88. The van der Waals surface area contributed by atoms with Crippen LogP contribution in [0.4, 0.5) is 0 Å². The van der Waals surface area contributed by atoms with Crippen molar-refractivity contribution in [2.24, 2.45) is 0 Å². The molecule has 19 nitrogen and oxygen atoms in total. The van der Waals surface area contributed by atoms with Crippen LogP contribution in [-0.4, -0.2) is 108 Å². The summed E-state index contributed by atoms with van der Waals surface area (Å²) in [6, 6.07) is 0. The molecular weight excluding hydrogens is 1470 g/mol. The van der Waals surface area contributed by atoms with Gasteiger partial charge in [0.05, 0.1) is 115 Å². The Balaban J connectivity index is 0.00000803. The number of nitrogens with zero attached hydrogens (tertiary/aromatic N) is 8. The molecule has 0 saturated carbocycles. The molecule has 0 unspecified atom stereocenters. The van der Waals surface area contributed by atoms with Crippen molar-refractivity contribution in [1.29, 1.82) is 0 Å². The minimum Gasteiger partial charge on any atom is -0.357 e. The predicted octanol–water partition coefficient (Wildman–Crippen LogP) is 14.5. The quantitative estimate of drug-likeness (QED) is 0.0183. The Morgan fingerprint density at radius 1 is 0.385 bits per heavy atom. The molecule has 0 spiro atoms. The van der Waals surface area contributed by atoms with Crippen LogP contribution in [0.1, 0.15) is 0 Å². The number of halogens is 13. The summed E-state index contributed by atoms with van der Waals surface area (Å²) in [5.74, 6) is -1.47.